The highest BCUT2D eigenvalue weighted by Gasteiger charge is 2.26. The van der Waals surface area contributed by atoms with E-state index in [2.05, 4.69) is 0 Å². The predicted molar refractivity (Wildman–Crippen MR) is 97.2 cm³/mol. The Morgan fingerprint density at radius 2 is 1.35 bits per heavy atom. The van der Waals surface area contributed by atoms with Crippen LogP contribution in [0.15, 0.2) is 24.3 Å². The molecule has 0 radical (unpaired) electrons. The van der Waals surface area contributed by atoms with Crippen molar-refractivity contribution < 1.29 is 28.6 Å². The first kappa shape index (κ1) is 21.8. The Kier molecular flexibility index (Phi) is 7.51. The van der Waals surface area contributed by atoms with Gasteiger partial charge in [-0.25, -0.2) is 9.59 Å². The largest absolute Gasteiger partial charge is 0.460 e. The number of benzene rings is 1. The zero-order chi connectivity index (χ0) is 20.0. The summed E-state index contributed by atoms with van der Waals surface area (Å²) in [7, 11) is 0. The molecule has 26 heavy (non-hydrogen) atoms. The van der Waals surface area contributed by atoms with E-state index >= 15 is 0 Å². The summed E-state index contributed by atoms with van der Waals surface area (Å²) in [5, 5.41) is 0. The van der Waals surface area contributed by atoms with Gasteiger partial charge in [-0.2, -0.15) is 0 Å². The summed E-state index contributed by atoms with van der Waals surface area (Å²) in [5.41, 5.74) is -0.793. The van der Waals surface area contributed by atoms with Gasteiger partial charge >= 0.3 is 11.9 Å². The molecule has 1 rings (SSSR count). The Bertz CT molecular complexity index is 637. The van der Waals surface area contributed by atoms with Crippen LogP contribution < -0.4 is 0 Å². The molecule has 0 aliphatic heterocycles. The van der Waals surface area contributed by atoms with Gasteiger partial charge in [0.25, 0.3) is 0 Å². The molecule has 6 heteroatoms. The van der Waals surface area contributed by atoms with Gasteiger partial charge in [0.1, 0.15) is 17.8 Å². The van der Waals surface area contributed by atoms with Crippen molar-refractivity contribution in [3.05, 3.63) is 35.4 Å². The van der Waals surface area contributed by atoms with E-state index in [9.17, 15) is 14.4 Å². The van der Waals surface area contributed by atoms with E-state index in [-0.39, 0.29) is 19.0 Å². The SMILES string of the molecule is CCC(=O)C(C)(C)OCCOC(=O)c1ccc(C(=O)OC(C)(C)C)cc1. The van der Waals surface area contributed by atoms with Gasteiger partial charge < -0.3 is 14.2 Å². The summed E-state index contributed by atoms with van der Waals surface area (Å²) in [4.78, 5) is 35.6. The molecule has 0 N–H and O–H groups in total. The lowest BCUT2D eigenvalue weighted by Gasteiger charge is -2.23. The van der Waals surface area contributed by atoms with Crippen molar-refractivity contribution in [2.75, 3.05) is 13.2 Å². The fraction of sp³-hybridized carbons (Fsp3) is 0.550. The Hall–Kier alpha value is -2.21. The third-order valence-electron chi connectivity index (χ3n) is 3.53. The van der Waals surface area contributed by atoms with Crippen LogP contribution in [0.2, 0.25) is 0 Å². The van der Waals surface area contributed by atoms with Crippen molar-refractivity contribution in [2.24, 2.45) is 0 Å². The molecule has 1 aromatic carbocycles. The van der Waals surface area contributed by atoms with Crippen molar-refractivity contribution >= 4 is 17.7 Å². The van der Waals surface area contributed by atoms with Crippen LogP contribution in [0.5, 0.6) is 0 Å². The van der Waals surface area contributed by atoms with E-state index < -0.39 is 23.1 Å². The second kappa shape index (κ2) is 8.94. The molecule has 0 aliphatic rings. The molecule has 0 saturated heterocycles. The maximum atomic E-state index is 12.0. The van der Waals surface area contributed by atoms with Crippen molar-refractivity contribution in [2.45, 2.75) is 59.2 Å². The van der Waals surface area contributed by atoms with E-state index in [0.29, 0.717) is 17.5 Å². The second-order valence-corrected chi connectivity index (χ2v) is 7.35. The third-order valence-corrected chi connectivity index (χ3v) is 3.53. The maximum Gasteiger partial charge on any atom is 0.338 e. The molecule has 0 saturated carbocycles. The van der Waals surface area contributed by atoms with E-state index in [0.717, 1.165) is 0 Å². The smallest absolute Gasteiger partial charge is 0.338 e. The summed E-state index contributed by atoms with van der Waals surface area (Å²) >= 11 is 0. The van der Waals surface area contributed by atoms with Gasteiger partial charge in [0.15, 0.2) is 5.78 Å². The van der Waals surface area contributed by atoms with Gasteiger partial charge in [-0.1, -0.05) is 6.92 Å². The van der Waals surface area contributed by atoms with Gasteiger partial charge in [0.2, 0.25) is 0 Å². The van der Waals surface area contributed by atoms with Crippen LogP contribution in [0.25, 0.3) is 0 Å². The third kappa shape index (κ3) is 6.96. The standard InChI is InChI=1S/C20H28O6/c1-7-16(21)20(5,6)25-13-12-24-17(22)14-8-10-15(11-9-14)18(23)26-19(2,3)4/h8-11H,7,12-13H2,1-6H3. The number of carbonyl (C=O) groups excluding carboxylic acids is 3. The molecule has 144 valence electrons. The second-order valence-electron chi connectivity index (χ2n) is 7.35. The van der Waals surface area contributed by atoms with Gasteiger partial charge in [-0.05, 0) is 58.9 Å². The lowest BCUT2D eigenvalue weighted by molar-refractivity contribution is -0.141. The minimum atomic E-state index is -0.893. The molecule has 1 aromatic rings. The maximum absolute atomic E-state index is 12.0. The Labute approximate surface area is 154 Å². The van der Waals surface area contributed by atoms with Crippen LogP contribution in [-0.2, 0) is 19.0 Å². The van der Waals surface area contributed by atoms with E-state index in [1.54, 1.807) is 41.5 Å². The number of ether oxygens (including phenoxy) is 3. The molecule has 0 bridgehead atoms. The zero-order valence-electron chi connectivity index (χ0n) is 16.4. The number of ketones is 1. The Morgan fingerprint density at radius 1 is 0.846 bits per heavy atom. The first-order valence-corrected chi connectivity index (χ1v) is 8.64. The number of hydrogen-bond acceptors (Lipinski definition) is 6. The average molecular weight is 364 g/mol. The Balaban J connectivity index is 2.51. The molecule has 0 aliphatic carbocycles. The van der Waals surface area contributed by atoms with Gasteiger partial charge in [0, 0.05) is 6.42 Å². The molecule has 0 amide bonds. The van der Waals surface area contributed by atoms with Crippen LogP contribution in [0.4, 0.5) is 0 Å². The molecule has 0 heterocycles. The molecule has 0 spiro atoms. The number of esters is 2. The molecular formula is C20H28O6. The van der Waals surface area contributed by atoms with E-state index in [1.807, 2.05) is 0 Å². The molecule has 0 fully saturated rings. The van der Waals surface area contributed by atoms with Gasteiger partial charge in [-0.15, -0.1) is 0 Å². The van der Waals surface area contributed by atoms with Crippen molar-refractivity contribution in [3.63, 3.8) is 0 Å². The monoisotopic (exact) mass is 364 g/mol. The van der Waals surface area contributed by atoms with Crippen LogP contribution in [0, 0.1) is 0 Å². The summed E-state index contributed by atoms with van der Waals surface area (Å²) in [6.07, 6.45) is 0.386. The van der Waals surface area contributed by atoms with Gasteiger partial charge in [-0.3, -0.25) is 4.79 Å². The summed E-state index contributed by atoms with van der Waals surface area (Å²) in [6, 6.07) is 6.05. The van der Waals surface area contributed by atoms with Gasteiger partial charge in [0.05, 0.1) is 17.7 Å². The van der Waals surface area contributed by atoms with E-state index in [1.165, 1.54) is 24.3 Å². The molecule has 0 aromatic heterocycles. The molecular weight excluding hydrogens is 336 g/mol. The minimum Gasteiger partial charge on any atom is -0.460 e. The average Bonchev–Trinajstić information content (AvgIpc) is 2.56. The first-order chi connectivity index (χ1) is 12.0. The van der Waals surface area contributed by atoms with Crippen LogP contribution in [-0.4, -0.2) is 42.1 Å². The number of Topliss-reactive ketones (excluding diaryl/α,β-unsaturated/α-hetero) is 1. The normalized spacial score (nSPS) is 11.8. The number of hydrogen-bond donors (Lipinski definition) is 0. The van der Waals surface area contributed by atoms with Crippen molar-refractivity contribution in [3.8, 4) is 0 Å². The molecule has 6 nitrogen and oxygen atoms in total. The van der Waals surface area contributed by atoms with Crippen LogP contribution in [0.1, 0.15) is 68.7 Å². The highest BCUT2D eigenvalue weighted by atomic mass is 16.6. The highest BCUT2D eigenvalue weighted by molar-refractivity contribution is 5.93. The van der Waals surface area contributed by atoms with E-state index in [4.69, 9.17) is 14.2 Å². The molecule has 0 atom stereocenters. The van der Waals surface area contributed by atoms with Crippen LogP contribution in [0.3, 0.4) is 0 Å². The Morgan fingerprint density at radius 3 is 1.81 bits per heavy atom. The highest BCUT2D eigenvalue weighted by Crippen LogP contribution is 2.14. The topological polar surface area (TPSA) is 78.9 Å². The summed E-state index contributed by atoms with van der Waals surface area (Å²) in [6.45, 7) is 10.7. The predicted octanol–water partition coefficient (Wildman–Crippen LogP) is 3.57. The fourth-order valence-corrected chi connectivity index (χ4v) is 2.10. The lowest BCUT2D eigenvalue weighted by Crippen LogP contribution is -2.35. The first-order valence-electron chi connectivity index (χ1n) is 8.64. The lowest BCUT2D eigenvalue weighted by atomic mass is 10.0. The number of rotatable bonds is 8. The van der Waals surface area contributed by atoms with Crippen molar-refractivity contribution in [1.29, 1.82) is 0 Å². The number of carbonyl (C=O) groups is 3. The van der Waals surface area contributed by atoms with Crippen LogP contribution >= 0.6 is 0 Å². The quantitative estimate of drug-likeness (QED) is 0.518. The minimum absolute atomic E-state index is 0.0124. The summed E-state index contributed by atoms with van der Waals surface area (Å²) in [5.74, 6) is -0.987. The molecule has 0 unspecified atom stereocenters. The fourth-order valence-electron chi connectivity index (χ4n) is 2.10. The zero-order valence-corrected chi connectivity index (χ0v) is 16.4. The van der Waals surface area contributed by atoms with Crippen molar-refractivity contribution in [1.82, 2.24) is 0 Å². The summed E-state index contributed by atoms with van der Waals surface area (Å²) < 4.78 is 15.9.